The Bertz CT molecular complexity index is 754. The van der Waals surface area contributed by atoms with Crippen LogP contribution in [0.1, 0.15) is 38.2 Å². The van der Waals surface area contributed by atoms with Gasteiger partial charge in [-0.3, -0.25) is 4.79 Å². The van der Waals surface area contributed by atoms with Crippen LogP contribution in [0.15, 0.2) is 41.7 Å². The fraction of sp³-hybridized carbons (Fsp3) is 0.450. The Balaban J connectivity index is 1.67. The zero-order valence-corrected chi connectivity index (χ0v) is 14.7. The summed E-state index contributed by atoms with van der Waals surface area (Å²) in [5.41, 5.74) is 0.154. The number of nitrogens with zero attached hydrogens (tertiary/aromatic N) is 1. The summed E-state index contributed by atoms with van der Waals surface area (Å²) in [5.74, 6) is -1.53. The van der Waals surface area contributed by atoms with Crippen LogP contribution < -0.4 is 0 Å². The Morgan fingerprint density at radius 3 is 2.62 bits per heavy atom. The predicted molar refractivity (Wildman–Crippen MR) is 91.3 cm³/mol. The lowest BCUT2D eigenvalue weighted by atomic mass is 9.69. The molecule has 1 aromatic rings. The Morgan fingerprint density at radius 1 is 1.31 bits per heavy atom. The Hall–Kier alpha value is -2.65. The summed E-state index contributed by atoms with van der Waals surface area (Å²) >= 11 is 0. The molecule has 0 aromatic heterocycles. The molecule has 0 radical (unpaired) electrons. The second-order valence-corrected chi connectivity index (χ2v) is 6.50. The van der Waals surface area contributed by atoms with Gasteiger partial charge in [0.15, 0.2) is 0 Å². The first-order valence-electron chi connectivity index (χ1n) is 8.80. The van der Waals surface area contributed by atoms with E-state index in [-0.39, 0.29) is 24.0 Å². The molecule has 1 fully saturated rings. The first-order chi connectivity index (χ1) is 12.6. The van der Waals surface area contributed by atoms with Gasteiger partial charge in [-0.1, -0.05) is 30.3 Å². The minimum Gasteiger partial charge on any atom is -0.460 e. The SMILES string of the molecule is CCOC(=O)C1=C(C#N)C2(CCC(OCc3ccccc3)CC2)C(=O)O1. The van der Waals surface area contributed by atoms with Crippen LogP contribution in [0.5, 0.6) is 0 Å². The van der Waals surface area contributed by atoms with Gasteiger partial charge in [0, 0.05) is 0 Å². The van der Waals surface area contributed by atoms with Gasteiger partial charge in [-0.15, -0.1) is 0 Å². The Morgan fingerprint density at radius 2 is 2.00 bits per heavy atom. The fourth-order valence-electron chi connectivity index (χ4n) is 3.55. The van der Waals surface area contributed by atoms with Gasteiger partial charge in [0.2, 0.25) is 5.76 Å². The maximum atomic E-state index is 12.5. The van der Waals surface area contributed by atoms with Crippen molar-refractivity contribution < 1.29 is 23.8 Å². The van der Waals surface area contributed by atoms with E-state index < -0.39 is 17.4 Å². The van der Waals surface area contributed by atoms with Crippen molar-refractivity contribution in [1.29, 1.82) is 5.26 Å². The highest BCUT2D eigenvalue weighted by Gasteiger charge is 2.54. The third-order valence-corrected chi connectivity index (χ3v) is 4.98. The summed E-state index contributed by atoms with van der Waals surface area (Å²) in [6.45, 7) is 2.32. The van der Waals surface area contributed by atoms with Crippen molar-refractivity contribution in [1.82, 2.24) is 0 Å². The lowest BCUT2D eigenvalue weighted by Gasteiger charge is -2.34. The van der Waals surface area contributed by atoms with Crippen LogP contribution in [-0.2, 0) is 30.4 Å². The molecule has 1 aliphatic heterocycles. The highest BCUT2D eigenvalue weighted by Crippen LogP contribution is 2.49. The summed E-state index contributed by atoms with van der Waals surface area (Å²) in [4.78, 5) is 24.4. The minimum atomic E-state index is -1.04. The molecule has 1 aliphatic carbocycles. The highest BCUT2D eigenvalue weighted by atomic mass is 16.6. The molecule has 0 atom stereocenters. The molecule has 0 N–H and O–H groups in total. The molecule has 136 valence electrons. The van der Waals surface area contributed by atoms with E-state index in [1.54, 1.807) is 6.92 Å². The molecule has 0 unspecified atom stereocenters. The summed E-state index contributed by atoms with van der Waals surface area (Å²) in [5, 5.41) is 9.53. The fourth-order valence-corrected chi connectivity index (χ4v) is 3.55. The molecule has 26 heavy (non-hydrogen) atoms. The molecular weight excluding hydrogens is 334 g/mol. The quantitative estimate of drug-likeness (QED) is 0.755. The van der Waals surface area contributed by atoms with Gasteiger partial charge in [-0.2, -0.15) is 5.26 Å². The minimum absolute atomic E-state index is 0.0141. The van der Waals surface area contributed by atoms with Crippen molar-refractivity contribution >= 4 is 11.9 Å². The van der Waals surface area contributed by atoms with Gasteiger partial charge in [-0.05, 0) is 38.2 Å². The van der Waals surface area contributed by atoms with Crippen LogP contribution in [0.4, 0.5) is 0 Å². The van der Waals surface area contributed by atoms with Gasteiger partial charge in [0.05, 0.1) is 24.9 Å². The van der Waals surface area contributed by atoms with Crippen molar-refractivity contribution in [2.24, 2.45) is 5.41 Å². The highest BCUT2D eigenvalue weighted by molar-refractivity contribution is 5.99. The van der Waals surface area contributed by atoms with Gasteiger partial charge in [0.1, 0.15) is 11.5 Å². The van der Waals surface area contributed by atoms with Crippen molar-refractivity contribution in [3.05, 3.63) is 47.2 Å². The molecule has 0 saturated heterocycles. The van der Waals surface area contributed by atoms with Crippen molar-refractivity contribution in [2.45, 2.75) is 45.3 Å². The molecule has 1 heterocycles. The smallest absolute Gasteiger partial charge is 0.375 e. The number of benzene rings is 1. The molecule has 2 aliphatic rings. The number of rotatable bonds is 5. The Labute approximate surface area is 152 Å². The van der Waals surface area contributed by atoms with Crippen LogP contribution in [0.3, 0.4) is 0 Å². The predicted octanol–water partition coefficient (Wildman–Crippen LogP) is 3.03. The maximum absolute atomic E-state index is 12.5. The standard InChI is InChI=1S/C20H21NO5/c1-2-24-18(22)17-16(12-21)20(19(23)26-17)10-8-15(9-11-20)25-13-14-6-4-3-5-7-14/h3-7,15H,2,8-11,13H2,1H3. The van der Waals surface area contributed by atoms with E-state index in [1.807, 2.05) is 36.4 Å². The van der Waals surface area contributed by atoms with Crippen LogP contribution >= 0.6 is 0 Å². The van der Waals surface area contributed by atoms with E-state index in [2.05, 4.69) is 0 Å². The molecule has 0 bridgehead atoms. The van der Waals surface area contributed by atoms with Crippen molar-refractivity contribution in [2.75, 3.05) is 6.61 Å². The summed E-state index contributed by atoms with van der Waals surface area (Å²) < 4.78 is 16.0. The zero-order chi connectivity index (χ0) is 18.6. The number of hydrogen-bond acceptors (Lipinski definition) is 6. The average molecular weight is 355 g/mol. The molecule has 1 spiro atoms. The average Bonchev–Trinajstić information content (AvgIpc) is 2.94. The monoisotopic (exact) mass is 355 g/mol. The van der Waals surface area contributed by atoms with Crippen LogP contribution in [-0.4, -0.2) is 24.6 Å². The van der Waals surface area contributed by atoms with Gasteiger partial charge in [0.25, 0.3) is 0 Å². The maximum Gasteiger partial charge on any atom is 0.375 e. The topological polar surface area (TPSA) is 85.6 Å². The third-order valence-electron chi connectivity index (χ3n) is 4.98. The number of carbonyl (C=O) groups is 2. The normalized spacial score (nSPS) is 25.1. The molecule has 6 heteroatoms. The van der Waals surface area contributed by atoms with Crippen molar-refractivity contribution in [3.8, 4) is 6.07 Å². The largest absolute Gasteiger partial charge is 0.460 e. The molecule has 1 aromatic carbocycles. The van der Waals surface area contributed by atoms with E-state index in [4.69, 9.17) is 14.2 Å². The van der Waals surface area contributed by atoms with Gasteiger partial charge < -0.3 is 14.2 Å². The molecule has 1 saturated carbocycles. The number of carbonyl (C=O) groups excluding carboxylic acids is 2. The summed E-state index contributed by atoms with van der Waals surface area (Å²) in [6.07, 6.45) is 2.13. The molecule has 6 nitrogen and oxygen atoms in total. The number of ether oxygens (including phenoxy) is 3. The summed E-state index contributed by atoms with van der Waals surface area (Å²) in [6, 6.07) is 11.9. The number of esters is 2. The first-order valence-corrected chi connectivity index (χ1v) is 8.80. The van der Waals surface area contributed by atoms with E-state index in [0.717, 1.165) is 5.56 Å². The number of cyclic esters (lactones) is 1. The van der Waals surface area contributed by atoms with Crippen LogP contribution in [0.25, 0.3) is 0 Å². The van der Waals surface area contributed by atoms with Gasteiger partial charge >= 0.3 is 11.9 Å². The number of nitriles is 1. The second kappa shape index (κ2) is 7.71. The molecule has 0 amide bonds. The molecular formula is C20H21NO5. The van der Waals surface area contributed by atoms with Crippen molar-refractivity contribution in [3.63, 3.8) is 0 Å². The lowest BCUT2D eigenvalue weighted by Crippen LogP contribution is -2.36. The number of hydrogen-bond donors (Lipinski definition) is 0. The zero-order valence-electron chi connectivity index (χ0n) is 14.7. The van der Waals surface area contributed by atoms with E-state index in [1.165, 1.54) is 0 Å². The van der Waals surface area contributed by atoms with E-state index in [9.17, 15) is 14.9 Å². The van der Waals surface area contributed by atoms with Gasteiger partial charge in [-0.25, -0.2) is 4.79 Å². The molecule has 3 rings (SSSR count). The second-order valence-electron chi connectivity index (χ2n) is 6.50. The van der Waals surface area contributed by atoms with E-state index >= 15 is 0 Å². The Kier molecular flexibility index (Phi) is 5.38. The van der Waals surface area contributed by atoms with Crippen LogP contribution in [0, 0.1) is 16.7 Å². The third kappa shape index (κ3) is 3.35. The van der Waals surface area contributed by atoms with E-state index in [0.29, 0.717) is 32.3 Å². The van der Waals surface area contributed by atoms with Crippen LogP contribution in [0.2, 0.25) is 0 Å². The first kappa shape index (κ1) is 18.2. The lowest BCUT2D eigenvalue weighted by molar-refractivity contribution is -0.154. The summed E-state index contributed by atoms with van der Waals surface area (Å²) in [7, 11) is 0.